The number of hydrogen-bond donors (Lipinski definition) is 2. The minimum Gasteiger partial charge on any atom is -0.481 e. The van der Waals surface area contributed by atoms with E-state index in [1.165, 1.54) is 17.8 Å². The van der Waals surface area contributed by atoms with E-state index >= 15 is 0 Å². The van der Waals surface area contributed by atoms with Crippen LogP contribution in [0.4, 0.5) is 9.93 Å². The number of Topliss-reactive ketones (excluding diaryl/α,β-unsaturated/α-hetero) is 1. The summed E-state index contributed by atoms with van der Waals surface area (Å²) < 4.78 is 0.514. The molecule has 2 aliphatic rings. The predicted molar refractivity (Wildman–Crippen MR) is 103 cm³/mol. The first-order valence-corrected chi connectivity index (χ1v) is 11.1. The Hall–Kier alpha value is -1.68. The minimum absolute atomic E-state index is 0.0829. The highest BCUT2D eigenvalue weighted by atomic mass is 32.2. The number of rotatable bonds is 6. The molecule has 0 aliphatic heterocycles. The van der Waals surface area contributed by atoms with Crippen molar-refractivity contribution in [3.8, 4) is 0 Å². The molecule has 0 atom stereocenters. The third kappa shape index (κ3) is 5.65. The Balaban J connectivity index is 1.66. The van der Waals surface area contributed by atoms with Gasteiger partial charge < -0.3 is 10.0 Å². The summed E-state index contributed by atoms with van der Waals surface area (Å²) >= 11 is 2.26. The number of urea groups is 1. The van der Waals surface area contributed by atoms with Gasteiger partial charge >= 0.3 is 12.0 Å². The number of aliphatic carboxylic acids is 1. The van der Waals surface area contributed by atoms with Crippen molar-refractivity contribution < 1.29 is 19.5 Å². The second-order valence-electron chi connectivity index (χ2n) is 6.95. The van der Waals surface area contributed by atoms with Gasteiger partial charge in [-0.3, -0.25) is 14.9 Å². The van der Waals surface area contributed by atoms with Crippen LogP contribution >= 0.6 is 23.1 Å². The smallest absolute Gasteiger partial charge is 0.324 e. The van der Waals surface area contributed by atoms with Crippen molar-refractivity contribution in [1.82, 2.24) is 15.1 Å². The van der Waals surface area contributed by atoms with Gasteiger partial charge in [0.15, 0.2) is 4.34 Å². The number of hydrogen-bond acceptors (Lipinski definition) is 7. The highest BCUT2D eigenvalue weighted by Crippen LogP contribution is 2.31. The first-order chi connectivity index (χ1) is 13.0. The van der Waals surface area contributed by atoms with Gasteiger partial charge in [0.1, 0.15) is 5.78 Å². The maximum Gasteiger partial charge on any atom is 0.324 e. The molecule has 10 heteroatoms. The molecule has 2 amide bonds. The lowest BCUT2D eigenvalue weighted by Gasteiger charge is -2.41. The van der Waals surface area contributed by atoms with Crippen molar-refractivity contribution in [2.45, 2.75) is 74.2 Å². The molecule has 0 unspecified atom stereocenters. The number of aromatic nitrogens is 2. The van der Waals surface area contributed by atoms with Gasteiger partial charge in [0.2, 0.25) is 5.13 Å². The van der Waals surface area contributed by atoms with E-state index in [1.807, 2.05) is 4.90 Å². The fraction of sp³-hybridized carbons (Fsp3) is 0.706. The number of thioether (sulfide) groups is 1. The molecule has 0 aromatic carbocycles. The largest absolute Gasteiger partial charge is 0.481 e. The second-order valence-corrected chi connectivity index (χ2v) is 9.15. The number of nitrogens with one attached hydrogen (secondary N) is 1. The van der Waals surface area contributed by atoms with E-state index in [1.54, 1.807) is 0 Å². The number of carbonyl (C=O) groups is 3. The van der Waals surface area contributed by atoms with Gasteiger partial charge in [-0.2, -0.15) is 0 Å². The van der Waals surface area contributed by atoms with Crippen LogP contribution in [0.2, 0.25) is 0 Å². The molecular weight excluding hydrogens is 388 g/mol. The molecule has 27 heavy (non-hydrogen) atoms. The molecule has 3 rings (SSSR count). The highest BCUT2D eigenvalue weighted by Gasteiger charge is 2.34. The van der Waals surface area contributed by atoms with Crippen molar-refractivity contribution in [3.05, 3.63) is 0 Å². The van der Waals surface area contributed by atoms with Crippen LogP contribution in [0.15, 0.2) is 4.34 Å². The van der Waals surface area contributed by atoms with Gasteiger partial charge in [0.05, 0.1) is 5.75 Å². The highest BCUT2D eigenvalue weighted by molar-refractivity contribution is 8.01. The van der Waals surface area contributed by atoms with Crippen LogP contribution in [-0.4, -0.2) is 55.8 Å². The number of carboxylic acids is 1. The Morgan fingerprint density at radius 3 is 2.44 bits per heavy atom. The molecule has 1 aromatic rings. The molecule has 2 saturated carbocycles. The molecule has 2 N–H and O–H groups in total. The quantitative estimate of drug-likeness (QED) is 0.544. The topological polar surface area (TPSA) is 112 Å². The Morgan fingerprint density at radius 2 is 1.78 bits per heavy atom. The van der Waals surface area contributed by atoms with Crippen molar-refractivity contribution >= 4 is 46.0 Å². The average Bonchev–Trinajstić information content (AvgIpc) is 3.10. The van der Waals surface area contributed by atoms with E-state index in [0.717, 1.165) is 50.3 Å². The summed E-state index contributed by atoms with van der Waals surface area (Å²) in [4.78, 5) is 37.2. The molecule has 0 bridgehead atoms. The SMILES string of the molecule is O=C(O)CSc1nnc(NC(=O)N(C2CCCCC2)C2CCC(=O)CC2)s1. The monoisotopic (exact) mass is 412 g/mol. The van der Waals surface area contributed by atoms with Gasteiger partial charge in [-0.15, -0.1) is 10.2 Å². The predicted octanol–water partition coefficient (Wildman–Crippen LogP) is 3.39. The summed E-state index contributed by atoms with van der Waals surface area (Å²) in [6.07, 6.45) is 7.95. The Labute approximate surface area is 166 Å². The van der Waals surface area contributed by atoms with Crippen molar-refractivity contribution in [1.29, 1.82) is 0 Å². The Morgan fingerprint density at radius 1 is 1.11 bits per heavy atom. The van der Waals surface area contributed by atoms with Crippen LogP contribution in [0.5, 0.6) is 0 Å². The molecular formula is C17H24N4O4S2. The van der Waals surface area contributed by atoms with E-state index in [9.17, 15) is 14.4 Å². The van der Waals surface area contributed by atoms with Crippen molar-refractivity contribution in [3.63, 3.8) is 0 Å². The molecule has 1 aromatic heterocycles. The molecule has 0 radical (unpaired) electrons. The lowest BCUT2D eigenvalue weighted by atomic mass is 9.88. The fourth-order valence-corrected chi connectivity index (χ4v) is 5.25. The molecule has 2 aliphatic carbocycles. The molecule has 1 heterocycles. The lowest BCUT2D eigenvalue weighted by molar-refractivity contribution is -0.134. The van der Waals surface area contributed by atoms with E-state index in [2.05, 4.69) is 15.5 Å². The van der Waals surface area contributed by atoms with E-state index < -0.39 is 5.97 Å². The third-order valence-electron chi connectivity index (χ3n) is 5.05. The summed E-state index contributed by atoms with van der Waals surface area (Å²) in [5.41, 5.74) is 0. The van der Waals surface area contributed by atoms with E-state index in [4.69, 9.17) is 5.11 Å². The van der Waals surface area contributed by atoms with Crippen LogP contribution in [-0.2, 0) is 9.59 Å². The number of carboxylic acid groups (broad SMARTS) is 1. The normalized spacial score (nSPS) is 19.0. The second kappa shape index (κ2) is 9.50. The molecule has 8 nitrogen and oxygen atoms in total. The van der Waals surface area contributed by atoms with Crippen molar-refractivity contribution in [2.24, 2.45) is 0 Å². The summed E-state index contributed by atoms with van der Waals surface area (Å²) in [5.74, 6) is -0.733. The first-order valence-electron chi connectivity index (χ1n) is 9.32. The minimum atomic E-state index is -0.920. The fourth-order valence-electron chi connectivity index (χ4n) is 3.79. The van der Waals surface area contributed by atoms with Crippen LogP contribution < -0.4 is 5.32 Å². The van der Waals surface area contributed by atoms with Crippen LogP contribution in [0.25, 0.3) is 0 Å². The number of anilines is 1. The average molecular weight is 413 g/mol. The van der Waals surface area contributed by atoms with Gasteiger partial charge in [0, 0.05) is 24.9 Å². The number of ketones is 1. The van der Waals surface area contributed by atoms with Gasteiger partial charge in [-0.05, 0) is 25.7 Å². The zero-order valence-electron chi connectivity index (χ0n) is 15.1. The summed E-state index contributed by atoms with van der Waals surface area (Å²) in [5, 5.41) is 19.8. The van der Waals surface area contributed by atoms with Crippen molar-refractivity contribution in [2.75, 3.05) is 11.1 Å². The standard InChI is InChI=1S/C17H24N4O4S2/c22-13-8-6-12(7-9-13)21(11-4-2-1-3-5-11)16(25)18-15-19-20-17(27-15)26-10-14(23)24/h11-12H,1-10H2,(H,23,24)(H,18,19,25). The van der Waals surface area contributed by atoms with Crippen LogP contribution in [0, 0.1) is 0 Å². The Kier molecular flexibility index (Phi) is 7.06. The van der Waals surface area contributed by atoms with E-state index in [0.29, 0.717) is 22.3 Å². The van der Waals surface area contributed by atoms with Gasteiger partial charge in [-0.1, -0.05) is 42.4 Å². The summed E-state index contributed by atoms with van der Waals surface area (Å²) in [7, 11) is 0. The Bertz CT molecular complexity index is 680. The molecule has 0 spiro atoms. The number of carbonyl (C=O) groups excluding carboxylic acids is 2. The zero-order chi connectivity index (χ0) is 19.2. The third-order valence-corrected chi connectivity index (χ3v) is 7.01. The summed E-state index contributed by atoms with van der Waals surface area (Å²) in [6, 6.07) is 0.0949. The number of nitrogens with zero attached hydrogens (tertiary/aromatic N) is 3. The van der Waals surface area contributed by atoms with Crippen LogP contribution in [0.1, 0.15) is 57.8 Å². The molecule has 148 valence electrons. The van der Waals surface area contributed by atoms with E-state index in [-0.39, 0.29) is 29.7 Å². The maximum atomic E-state index is 13.0. The first kappa shape index (κ1) is 20.1. The maximum absolute atomic E-state index is 13.0. The zero-order valence-corrected chi connectivity index (χ0v) is 16.7. The van der Waals surface area contributed by atoms with Crippen LogP contribution in [0.3, 0.4) is 0 Å². The lowest BCUT2D eigenvalue weighted by Crippen LogP contribution is -2.51. The van der Waals surface area contributed by atoms with Gasteiger partial charge in [0.25, 0.3) is 0 Å². The van der Waals surface area contributed by atoms with Gasteiger partial charge in [-0.25, -0.2) is 4.79 Å². The summed E-state index contributed by atoms with van der Waals surface area (Å²) in [6.45, 7) is 0. The number of amides is 2. The molecule has 2 fully saturated rings. The molecule has 0 saturated heterocycles.